The van der Waals surface area contributed by atoms with Crippen LogP contribution in [0.25, 0.3) is 0 Å². The van der Waals surface area contributed by atoms with Crippen LogP contribution in [0.1, 0.15) is 20.3 Å². The lowest BCUT2D eigenvalue weighted by molar-refractivity contribution is 0.0748. The lowest BCUT2D eigenvalue weighted by atomic mass is 10.0. The van der Waals surface area contributed by atoms with Gasteiger partial charge in [-0.15, -0.1) is 0 Å². The maximum absolute atomic E-state index is 5.16. The first kappa shape index (κ1) is 10.2. The molecule has 2 heteroatoms. The lowest BCUT2D eigenvalue weighted by Crippen LogP contribution is -2.15. The van der Waals surface area contributed by atoms with Crippen LogP contribution in [-0.2, 0) is 4.74 Å². The molecule has 0 fully saturated rings. The molecule has 0 aromatic heterocycles. The number of hydrogen-bond donors (Lipinski definition) is 0. The van der Waals surface area contributed by atoms with Crippen LogP contribution in [0.4, 0.5) is 0 Å². The normalized spacial score (nSPS) is 17.6. The van der Waals surface area contributed by atoms with Crippen molar-refractivity contribution in [2.45, 2.75) is 26.4 Å². The molecule has 1 nitrogen and oxygen atoms in total. The molecule has 0 bridgehead atoms. The van der Waals surface area contributed by atoms with Crippen molar-refractivity contribution in [2.24, 2.45) is 5.92 Å². The summed E-state index contributed by atoms with van der Waals surface area (Å²) in [6.07, 6.45) is 3.52. The summed E-state index contributed by atoms with van der Waals surface area (Å²) in [7, 11) is 1.75. The van der Waals surface area contributed by atoms with Gasteiger partial charge in [-0.1, -0.05) is 28.9 Å². The minimum absolute atomic E-state index is 0.351. The fraction of sp³-hybridized carbons (Fsp3) is 0.750. The van der Waals surface area contributed by atoms with Gasteiger partial charge in [0, 0.05) is 7.11 Å². The highest BCUT2D eigenvalue weighted by Gasteiger charge is 2.07. The van der Waals surface area contributed by atoms with Gasteiger partial charge in [0.1, 0.15) is 0 Å². The zero-order valence-corrected chi connectivity index (χ0v) is 8.39. The Bertz CT molecular complexity index is 101. The molecule has 0 saturated carbocycles. The average Bonchev–Trinajstić information content (AvgIpc) is 1.98. The van der Waals surface area contributed by atoms with E-state index < -0.39 is 0 Å². The third-order valence-corrected chi connectivity index (χ3v) is 2.14. The Kier molecular flexibility index (Phi) is 6.03. The van der Waals surface area contributed by atoms with Gasteiger partial charge in [0.25, 0.3) is 0 Å². The van der Waals surface area contributed by atoms with E-state index in [1.54, 1.807) is 7.11 Å². The number of ether oxygens (including phenoxy) is 1. The first-order valence-electron chi connectivity index (χ1n) is 3.50. The quantitative estimate of drug-likeness (QED) is 0.688. The third kappa shape index (κ3) is 4.07. The number of halogens is 1. The van der Waals surface area contributed by atoms with Crippen molar-refractivity contribution >= 4 is 15.9 Å². The molecule has 0 aromatic carbocycles. The first-order valence-corrected chi connectivity index (χ1v) is 4.42. The summed E-state index contributed by atoms with van der Waals surface area (Å²) in [5, 5.41) is 0. The summed E-state index contributed by atoms with van der Waals surface area (Å²) in [6, 6.07) is 0. The topological polar surface area (TPSA) is 9.23 Å². The predicted octanol–water partition coefficient (Wildman–Crippen LogP) is 2.96. The summed E-state index contributed by atoms with van der Waals surface area (Å²) < 4.78 is 5.16. The molecule has 0 amide bonds. The van der Waals surface area contributed by atoms with E-state index in [1.165, 1.54) is 0 Å². The maximum Gasteiger partial charge on any atom is 0.0571 e. The zero-order valence-electron chi connectivity index (χ0n) is 6.80. The van der Waals surface area contributed by atoms with E-state index in [2.05, 4.69) is 35.9 Å². The summed E-state index contributed by atoms with van der Waals surface area (Å²) in [5.41, 5.74) is 0. The van der Waals surface area contributed by atoms with Gasteiger partial charge in [-0.2, -0.15) is 0 Å². The number of methoxy groups -OCH3 is 1. The molecule has 0 heterocycles. The second-order valence-corrected chi connectivity index (χ2v) is 3.04. The minimum Gasteiger partial charge on any atom is -0.381 e. The van der Waals surface area contributed by atoms with Crippen LogP contribution in [0.3, 0.4) is 0 Å². The van der Waals surface area contributed by atoms with Gasteiger partial charge < -0.3 is 4.74 Å². The van der Waals surface area contributed by atoms with E-state index in [-0.39, 0.29) is 0 Å². The molecular weight excluding hydrogens is 192 g/mol. The second kappa shape index (κ2) is 5.93. The largest absolute Gasteiger partial charge is 0.381 e. The molecule has 0 spiro atoms. The summed E-state index contributed by atoms with van der Waals surface area (Å²) in [4.78, 5) is 1.89. The molecule has 0 aliphatic heterocycles. The highest BCUT2D eigenvalue weighted by molar-refractivity contribution is 9.11. The maximum atomic E-state index is 5.16. The molecule has 0 radical (unpaired) electrons. The van der Waals surface area contributed by atoms with Gasteiger partial charge in [0.2, 0.25) is 0 Å². The van der Waals surface area contributed by atoms with Gasteiger partial charge in [0.05, 0.1) is 6.10 Å². The Morgan fingerprint density at radius 3 is 2.50 bits per heavy atom. The van der Waals surface area contributed by atoms with Gasteiger partial charge in [-0.05, 0) is 24.2 Å². The molecule has 0 rings (SSSR count). The summed E-state index contributed by atoms with van der Waals surface area (Å²) >= 11 is 3.23. The average molecular weight is 207 g/mol. The van der Waals surface area contributed by atoms with E-state index in [9.17, 15) is 0 Å². The summed E-state index contributed by atoms with van der Waals surface area (Å²) in [6.45, 7) is 4.27. The standard InChI is InChI=1S/C8H15BrO/c1-7(5-4-6-9)8(2)10-3/h4,6-8H,5H2,1-3H3/b6-4+/t7?,8-/m0/s1. The van der Waals surface area contributed by atoms with Crippen LogP contribution in [0.2, 0.25) is 0 Å². The van der Waals surface area contributed by atoms with Gasteiger partial charge in [-0.3, -0.25) is 0 Å². The van der Waals surface area contributed by atoms with Crippen LogP contribution in [0, 0.1) is 5.92 Å². The molecule has 10 heavy (non-hydrogen) atoms. The summed E-state index contributed by atoms with van der Waals surface area (Å²) in [5.74, 6) is 0.596. The first-order chi connectivity index (χ1) is 4.72. The highest BCUT2D eigenvalue weighted by Crippen LogP contribution is 2.11. The molecule has 0 aliphatic rings. The molecule has 60 valence electrons. The molecule has 0 saturated heterocycles. The van der Waals surface area contributed by atoms with Gasteiger partial charge in [0.15, 0.2) is 0 Å². The van der Waals surface area contributed by atoms with E-state index in [4.69, 9.17) is 4.74 Å². The number of allylic oxidation sites excluding steroid dienone is 1. The highest BCUT2D eigenvalue weighted by atomic mass is 79.9. The van der Waals surface area contributed by atoms with Crippen LogP contribution < -0.4 is 0 Å². The van der Waals surface area contributed by atoms with Crippen molar-refractivity contribution in [1.82, 2.24) is 0 Å². The molecule has 0 aliphatic carbocycles. The van der Waals surface area contributed by atoms with Crippen molar-refractivity contribution < 1.29 is 4.74 Å². The fourth-order valence-corrected chi connectivity index (χ4v) is 0.906. The molecule has 2 atom stereocenters. The van der Waals surface area contributed by atoms with Crippen molar-refractivity contribution in [1.29, 1.82) is 0 Å². The Morgan fingerprint density at radius 1 is 1.50 bits per heavy atom. The van der Waals surface area contributed by atoms with Gasteiger partial charge in [-0.25, -0.2) is 0 Å². The lowest BCUT2D eigenvalue weighted by Gasteiger charge is -2.15. The Labute approximate surface area is 71.6 Å². The van der Waals surface area contributed by atoms with Crippen molar-refractivity contribution in [3.63, 3.8) is 0 Å². The van der Waals surface area contributed by atoms with Gasteiger partial charge >= 0.3 is 0 Å². The monoisotopic (exact) mass is 206 g/mol. The Balaban J connectivity index is 3.50. The Morgan fingerprint density at radius 2 is 2.10 bits per heavy atom. The van der Waals surface area contributed by atoms with Crippen molar-refractivity contribution in [3.05, 3.63) is 11.1 Å². The van der Waals surface area contributed by atoms with Crippen LogP contribution in [0.15, 0.2) is 11.1 Å². The number of rotatable bonds is 4. The fourth-order valence-electron chi connectivity index (χ4n) is 0.690. The third-order valence-electron chi connectivity index (χ3n) is 1.77. The van der Waals surface area contributed by atoms with E-state index in [0.717, 1.165) is 6.42 Å². The predicted molar refractivity (Wildman–Crippen MR) is 48.3 cm³/mol. The molecule has 1 unspecified atom stereocenters. The Hall–Kier alpha value is 0.180. The van der Waals surface area contributed by atoms with Crippen LogP contribution in [-0.4, -0.2) is 13.2 Å². The van der Waals surface area contributed by atoms with Crippen LogP contribution >= 0.6 is 15.9 Å². The van der Waals surface area contributed by atoms with Crippen molar-refractivity contribution in [2.75, 3.05) is 7.11 Å². The van der Waals surface area contributed by atoms with E-state index >= 15 is 0 Å². The van der Waals surface area contributed by atoms with Crippen molar-refractivity contribution in [3.8, 4) is 0 Å². The molecule has 0 aromatic rings. The smallest absolute Gasteiger partial charge is 0.0571 e. The minimum atomic E-state index is 0.351. The zero-order chi connectivity index (χ0) is 7.98. The molecular formula is C8H15BrO. The van der Waals surface area contributed by atoms with E-state index in [1.807, 2.05) is 4.99 Å². The number of hydrogen-bond acceptors (Lipinski definition) is 1. The van der Waals surface area contributed by atoms with E-state index in [0.29, 0.717) is 12.0 Å². The SMILES string of the molecule is CO[C@@H](C)C(C)C/C=C/Br. The molecule has 0 N–H and O–H groups in total. The van der Waals surface area contributed by atoms with Crippen LogP contribution in [0.5, 0.6) is 0 Å². The second-order valence-electron chi connectivity index (χ2n) is 2.52.